The molecule has 3 aromatic carbocycles. The fraction of sp³-hybridized carbons (Fsp3) is 0.120. The monoisotopic (exact) mass is 414 g/mol. The summed E-state index contributed by atoms with van der Waals surface area (Å²) >= 11 is 0. The summed E-state index contributed by atoms with van der Waals surface area (Å²) in [5, 5.41) is 5.58. The number of hydrogen-bond acceptors (Lipinski definition) is 4. The SMILES string of the molecule is COC(=O)C1=C(c2ccccc2)NC(=O)NC1c1ccc(Oc2ccccc2C)cc1. The van der Waals surface area contributed by atoms with Crippen LogP contribution in [-0.4, -0.2) is 19.1 Å². The number of ether oxygens (including phenoxy) is 2. The van der Waals surface area contributed by atoms with Crippen molar-refractivity contribution in [1.29, 1.82) is 0 Å². The lowest BCUT2D eigenvalue weighted by Gasteiger charge is -2.29. The number of urea groups is 1. The van der Waals surface area contributed by atoms with Gasteiger partial charge in [0.25, 0.3) is 0 Å². The summed E-state index contributed by atoms with van der Waals surface area (Å²) in [4.78, 5) is 25.1. The van der Waals surface area contributed by atoms with Gasteiger partial charge in [0, 0.05) is 0 Å². The molecule has 0 aromatic heterocycles. The Kier molecular flexibility index (Phi) is 5.71. The van der Waals surface area contributed by atoms with Gasteiger partial charge in [-0.2, -0.15) is 0 Å². The first-order chi connectivity index (χ1) is 15.1. The molecule has 0 fully saturated rings. The van der Waals surface area contributed by atoms with Crippen LogP contribution in [0.3, 0.4) is 0 Å². The summed E-state index contributed by atoms with van der Waals surface area (Å²) in [5.74, 6) is 0.911. The number of carbonyl (C=O) groups is 2. The molecule has 156 valence electrons. The first kappa shape index (κ1) is 20.2. The number of aryl methyl sites for hydroxylation is 1. The van der Waals surface area contributed by atoms with Crippen molar-refractivity contribution in [1.82, 2.24) is 10.6 Å². The van der Waals surface area contributed by atoms with Crippen molar-refractivity contribution in [3.63, 3.8) is 0 Å². The van der Waals surface area contributed by atoms with E-state index in [1.807, 2.05) is 85.8 Å². The lowest BCUT2D eigenvalue weighted by atomic mass is 9.92. The zero-order valence-electron chi connectivity index (χ0n) is 17.2. The normalized spacial score (nSPS) is 15.7. The van der Waals surface area contributed by atoms with Crippen LogP contribution in [0.2, 0.25) is 0 Å². The second-order valence-corrected chi connectivity index (χ2v) is 7.11. The molecule has 0 spiro atoms. The molecule has 1 heterocycles. The third kappa shape index (κ3) is 4.28. The summed E-state index contributed by atoms with van der Waals surface area (Å²) in [6.07, 6.45) is 0. The zero-order chi connectivity index (χ0) is 21.8. The molecule has 1 unspecified atom stereocenters. The number of benzene rings is 3. The van der Waals surface area contributed by atoms with E-state index in [1.165, 1.54) is 7.11 Å². The maximum atomic E-state index is 12.7. The zero-order valence-corrected chi connectivity index (χ0v) is 17.2. The lowest BCUT2D eigenvalue weighted by Crippen LogP contribution is -2.45. The average Bonchev–Trinajstić information content (AvgIpc) is 2.80. The highest BCUT2D eigenvalue weighted by Gasteiger charge is 2.34. The molecule has 0 radical (unpaired) electrons. The van der Waals surface area contributed by atoms with E-state index >= 15 is 0 Å². The molecule has 6 heteroatoms. The Hall–Kier alpha value is -4.06. The topological polar surface area (TPSA) is 76.7 Å². The van der Waals surface area contributed by atoms with Gasteiger partial charge in [0.1, 0.15) is 11.5 Å². The van der Waals surface area contributed by atoms with Crippen LogP contribution in [-0.2, 0) is 9.53 Å². The highest BCUT2D eigenvalue weighted by atomic mass is 16.5. The Balaban J connectivity index is 1.70. The van der Waals surface area contributed by atoms with E-state index in [0.29, 0.717) is 17.0 Å². The van der Waals surface area contributed by atoms with Gasteiger partial charge in [-0.15, -0.1) is 0 Å². The maximum absolute atomic E-state index is 12.7. The number of methoxy groups -OCH3 is 1. The first-order valence-corrected chi connectivity index (χ1v) is 9.85. The fourth-order valence-electron chi connectivity index (χ4n) is 3.50. The maximum Gasteiger partial charge on any atom is 0.338 e. The van der Waals surface area contributed by atoms with Crippen LogP contribution in [0, 0.1) is 6.92 Å². The number of esters is 1. The van der Waals surface area contributed by atoms with Crippen LogP contribution in [0.4, 0.5) is 4.79 Å². The van der Waals surface area contributed by atoms with Crippen molar-refractivity contribution < 1.29 is 19.1 Å². The molecule has 3 aromatic rings. The van der Waals surface area contributed by atoms with Crippen LogP contribution in [0.5, 0.6) is 11.5 Å². The van der Waals surface area contributed by atoms with Crippen LogP contribution in [0.25, 0.3) is 5.70 Å². The fourth-order valence-corrected chi connectivity index (χ4v) is 3.50. The van der Waals surface area contributed by atoms with E-state index < -0.39 is 18.0 Å². The van der Waals surface area contributed by atoms with E-state index in [2.05, 4.69) is 10.6 Å². The summed E-state index contributed by atoms with van der Waals surface area (Å²) in [7, 11) is 1.32. The Bertz CT molecular complexity index is 1140. The molecule has 0 saturated heterocycles. The molecular weight excluding hydrogens is 392 g/mol. The Labute approximate surface area is 180 Å². The van der Waals surface area contributed by atoms with Crippen LogP contribution < -0.4 is 15.4 Å². The van der Waals surface area contributed by atoms with Crippen LogP contribution in [0.1, 0.15) is 22.7 Å². The number of amides is 2. The van der Waals surface area contributed by atoms with E-state index in [0.717, 1.165) is 22.4 Å². The summed E-state index contributed by atoms with van der Waals surface area (Å²) < 4.78 is 11.0. The van der Waals surface area contributed by atoms with Gasteiger partial charge in [0.2, 0.25) is 0 Å². The molecule has 31 heavy (non-hydrogen) atoms. The van der Waals surface area contributed by atoms with Gasteiger partial charge < -0.3 is 20.1 Å². The highest BCUT2D eigenvalue weighted by Crippen LogP contribution is 2.33. The van der Waals surface area contributed by atoms with Gasteiger partial charge in [-0.3, -0.25) is 0 Å². The summed E-state index contributed by atoms with van der Waals surface area (Å²) in [5.41, 5.74) is 3.26. The predicted octanol–water partition coefficient (Wildman–Crippen LogP) is 4.73. The van der Waals surface area contributed by atoms with E-state index in [-0.39, 0.29) is 0 Å². The minimum atomic E-state index is -0.663. The molecule has 2 amide bonds. The molecule has 1 atom stereocenters. The van der Waals surface area contributed by atoms with E-state index in [4.69, 9.17) is 9.47 Å². The van der Waals surface area contributed by atoms with E-state index in [1.54, 1.807) is 0 Å². The third-order valence-electron chi connectivity index (χ3n) is 5.07. The molecule has 0 saturated carbocycles. The van der Waals surface area contributed by atoms with Crippen molar-refractivity contribution in [3.05, 3.63) is 101 Å². The molecular formula is C25H22N2O4. The molecule has 6 nitrogen and oxygen atoms in total. The number of rotatable bonds is 5. The van der Waals surface area contributed by atoms with Crippen molar-refractivity contribution in [3.8, 4) is 11.5 Å². The Morgan fingerprint density at radius 1 is 0.903 bits per heavy atom. The summed E-state index contributed by atoms with van der Waals surface area (Å²) in [6, 6.07) is 23.2. The highest BCUT2D eigenvalue weighted by molar-refractivity contribution is 6.04. The first-order valence-electron chi connectivity index (χ1n) is 9.85. The van der Waals surface area contributed by atoms with Crippen LogP contribution >= 0.6 is 0 Å². The molecule has 0 aliphatic carbocycles. The number of nitrogens with one attached hydrogen (secondary N) is 2. The molecule has 0 bridgehead atoms. The van der Waals surface area contributed by atoms with Crippen LogP contribution in [0.15, 0.2) is 84.4 Å². The van der Waals surface area contributed by atoms with Gasteiger partial charge in [-0.25, -0.2) is 9.59 Å². The van der Waals surface area contributed by atoms with Crippen molar-refractivity contribution in [2.45, 2.75) is 13.0 Å². The Morgan fingerprint density at radius 2 is 1.58 bits per heavy atom. The van der Waals surface area contributed by atoms with Crippen molar-refractivity contribution in [2.24, 2.45) is 0 Å². The van der Waals surface area contributed by atoms with E-state index in [9.17, 15) is 9.59 Å². The molecule has 4 rings (SSSR count). The number of carbonyl (C=O) groups excluding carboxylic acids is 2. The molecule has 1 aliphatic rings. The van der Waals surface area contributed by atoms with Crippen molar-refractivity contribution in [2.75, 3.05) is 7.11 Å². The summed E-state index contributed by atoms with van der Waals surface area (Å²) in [6.45, 7) is 1.98. The Morgan fingerprint density at radius 3 is 2.26 bits per heavy atom. The average molecular weight is 414 g/mol. The molecule has 1 aliphatic heterocycles. The number of para-hydroxylation sites is 1. The number of hydrogen-bond donors (Lipinski definition) is 2. The van der Waals surface area contributed by atoms with Gasteiger partial charge in [-0.1, -0.05) is 60.7 Å². The van der Waals surface area contributed by atoms with Gasteiger partial charge in [-0.05, 0) is 41.8 Å². The molecule has 2 N–H and O–H groups in total. The standard InChI is InChI=1S/C25H22N2O4/c1-16-8-6-7-11-20(16)31-19-14-12-18(13-15-19)23-21(24(28)30-2)22(26-25(29)27-23)17-9-4-3-5-10-17/h3-15,23H,1-2H3,(H2,26,27,29). The van der Waals surface area contributed by atoms with Crippen molar-refractivity contribution >= 4 is 17.7 Å². The second-order valence-electron chi connectivity index (χ2n) is 7.11. The third-order valence-corrected chi connectivity index (χ3v) is 5.07. The largest absolute Gasteiger partial charge is 0.466 e. The van der Waals surface area contributed by atoms with Gasteiger partial charge >= 0.3 is 12.0 Å². The second kappa shape index (κ2) is 8.75. The minimum Gasteiger partial charge on any atom is -0.466 e. The lowest BCUT2D eigenvalue weighted by molar-refractivity contribution is -0.136. The van der Waals surface area contributed by atoms with Gasteiger partial charge in [0.15, 0.2) is 0 Å². The van der Waals surface area contributed by atoms with Gasteiger partial charge in [0.05, 0.1) is 24.4 Å². The quantitative estimate of drug-likeness (QED) is 0.592. The smallest absolute Gasteiger partial charge is 0.338 e. The minimum absolute atomic E-state index is 0.334. The predicted molar refractivity (Wildman–Crippen MR) is 117 cm³/mol.